The van der Waals surface area contributed by atoms with Crippen LogP contribution >= 0.6 is 0 Å². The molecule has 1 aromatic carbocycles. The van der Waals surface area contributed by atoms with Crippen LogP contribution in [0, 0.1) is 5.92 Å². The Morgan fingerprint density at radius 1 is 1.32 bits per heavy atom. The van der Waals surface area contributed by atoms with Crippen molar-refractivity contribution < 1.29 is 4.79 Å². The lowest BCUT2D eigenvalue weighted by atomic mass is 10.0. The van der Waals surface area contributed by atoms with Crippen molar-refractivity contribution in [2.24, 2.45) is 11.7 Å². The summed E-state index contributed by atoms with van der Waals surface area (Å²) >= 11 is 0. The molecule has 0 aromatic heterocycles. The smallest absolute Gasteiger partial charge is 0.241 e. The van der Waals surface area contributed by atoms with E-state index in [1.807, 2.05) is 38.4 Å². The molecule has 0 bridgehead atoms. The Morgan fingerprint density at radius 2 is 1.95 bits per heavy atom. The van der Waals surface area contributed by atoms with E-state index in [9.17, 15) is 4.79 Å². The van der Waals surface area contributed by atoms with E-state index in [1.165, 1.54) is 0 Å². The molecule has 0 aliphatic rings. The summed E-state index contributed by atoms with van der Waals surface area (Å²) in [4.78, 5) is 14.1. The van der Waals surface area contributed by atoms with Crippen LogP contribution in [0.4, 0.5) is 5.69 Å². The van der Waals surface area contributed by atoms with Gasteiger partial charge in [-0.1, -0.05) is 32.0 Å². The number of amides is 1. The van der Waals surface area contributed by atoms with Gasteiger partial charge in [0.1, 0.15) is 0 Å². The molecule has 1 amide bonds. The zero-order valence-corrected chi connectivity index (χ0v) is 12.3. The van der Waals surface area contributed by atoms with Gasteiger partial charge in [-0.15, -0.1) is 0 Å². The van der Waals surface area contributed by atoms with Gasteiger partial charge in [0.25, 0.3) is 0 Å². The molecule has 1 unspecified atom stereocenters. The van der Waals surface area contributed by atoms with Crippen molar-refractivity contribution in [3.63, 3.8) is 0 Å². The summed E-state index contributed by atoms with van der Waals surface area (Å²) in [6.45, 7) is 4.91. The summed E-state index contributed by atoms with van der Waals surface area (Å²) in [5.74, 6) is 0.303. The maximum atomic E-state index is 12.0. The van der Waals surface area contributed by atoms with Crippen LogP contribution in [0.25, 0.3) is 0 Å². The number of carbonyl (C=O) groups is 1. The van der Waals surface area contributed by atoms with Crippen molar-refractivity contribution in [1.29, 1.82) is 0 Å². The highest BCUT2D eigenvalue weighted by Gasteiger charge is 2.16. The standard InChI is InChI=1S/C15H25N3O/c1-11(2)9-13(16)15(19)17-14-8-6-5-7-12(14)10-18(3)4/h5-8,11,13H,9-10,16H2,1-4H3,(H,17,19). The number of carbonyl (C=O) groups excluding carboxylic acids is 1. The number of nitrogens with two attached hydrogens (primary N) is 1. The second-order valence-corrected chi connectivity index (χ2v) is 5.62. The van der Waals surface area contributed by atoms with E-state index >= 15 is 0 Å². The quantitative estimate of drug-likeness (QED) is 0.826. The zero-order chi connectivity index (χ0) is 14.4. The molecule has 0 aliphatic carbocycles. The Kier molecular flexibility index (Phi) is 5.99. The maximum absolute atomic E-state index is 12.0. The Bertz CT molecular complexity index is 416. The Hall–Kier alpha value is -1.39. The highest BCUT2D eigenvalue weighted by molar-refractivity contribution is 5.95. The predicted molar refractivity (Wildman–Crippen MR) is 79.9 cm³/mol. The fourth-order valence-corrected chi connectivity index (χ4v) is 1.96. The average Bonchev–Trinajstić information content (AvgIpc) is 2.30. The maximum Gasteiger partial charge on any atom is 0.241 e. The van der Waals surface area contributed by atoms with Crippen LogP contribution in [0.5, 0.6) is 0 Å². The molecule has 0 spiro atoms. The van der Waals surface area contributed by atoms with Crippen molar-refractivity contribution in [3.05, 3.63) is 29.8 Å². The third-order valence-corrected chi connectivity index (χ3v) is 2.82. The fraction of sp³-hybridized carbons (Fsp3) is 0.533. The van der Waals surface area contributed by atoms with Crippen molar-refractivity contribution >= 4 is 11.6 Å². The molecule has 1 rings (SSSR count). The normalized spacial score (nSPS) is 12.8. The van der Waals surface area contributed by atoms with E-state index in [0.29, 0.717) is 12.3 Å². The first-order valence-electron chi connectivity index (χ1n) is 6.69. The summed E-state index contributed by atoms with van der Waals surface area (Å²) in [7, 11) is 4.01. The zero-order valence-electron chi connectivity index (χ0n) is 12.3. The lowest BCUT2D eigenvalue weighted by Crippen LogP contribution is -2.37. The van der Waals surface area contributed by atoms with Crippen LogP contribution in [-0.4, -0.2) is 30.9 Å². The van der Waals surface area contributed by atoms with E-state index in [0.717, 1.165) is 17.8 Å². The highest BCUT2D eigenvalue weighted by Crippen LogP contribution is 2.17. The van der Waals surface area contributed by atoms with E-state index in [4.69, 9.17) is 5.73 Å². The van der Waals surface area contributed by atoms with Crippen LogP contribution in [0.3, 0.4) is 0 Å². The van der Waals surface area contributed by atoms with Gasteiger partial charge in [0.2, 0.25) is 5.91 Å². The van der Waals surface area contributed by atoms with Crippen molar-refractivity contribution in [2.75, 3.05) is 19.4 Å². The third-order valence-electron chi connectivity index (χ3n) is 2.82. The lowest BCUT2D eigenvalue weighted by Gasteiger charge is -2.18. The molecule has 0 radical (unpaired) electrons. The molecule has 19 heavy (non-hydrogen) atoms. The lowest BCUT2D eigenvalue weighted by molar-refractivity contribution is -0.117. The molecule has 0 aliphatic heterocycles. The number of rotatable bonds is 6. The second kappa shape index (κ2) is 7.26. The van der Waals surface area contributed by atoms with Crippen molar-refractivity contribution in [1.82, 2.24) is 4.90 Å². The monoisotopic (exact) mass is 263 g/mol. The molecule has 0 fully saturated rings. The summed E-state index contributed by atoms with van der Waals surface area (Å²) < 4.78 is 0. The second-order valence-electron chi connectivity index (χ2n) is 5.62. The van der Waals surface area contributed by atoms with Crippen LogP contribution in [0.2, 0.25) is 0 Å². The van der Waals surface area contributed by atoms with Crippen LogP contribution in [-0.2, 0) is 11.3 Å². The topological polar surface area (TPSA) is 58.4 Å². The molecule has 0 saturated heterocycles. The summed E-state index contributed by atoms with van der Waals surface area (Å²) in [5, 5.41) is 2.93. The Balaban J connectivity index is 2.73. The van der Waals surface area contributed by atoms with Gasteiger partial charge in [-0.3, -0.25) is 4.79 Å². The molecular formula is C15H25N3O. The molecular weight excluding hydrogens is 238 g/mol. The average molecular weight is 263 g/mol. The van der Waals surface area contributed by atoms with Crippen LogP contribution in [0.15, 0.2) is 24.3 Å². The van der Waals surface area contributed by atoms with Crippen molar-refractivity contribution in [2.45, 2.75) is 32.9 Å². The summed E-state index contributed by atoms with van der Waals surface area (Å²) in [5.41, 5.74) is 7.84. The molecule has 106 valence electrons. The van der Waals surface area contributed by atoms with Gasteiger partial charge in [0, 0.05) is 12.2 Å². The van der Waals surface area contributed by atoms with Gasteiger partial charge < -0.3 is 16.0 Å². The largest absolute Gasteiger partial charge is 0.324 e. The summed E-state index contributed by atoms with van der Waals surface area (Å²) in [6, 6.07) is 7.38. The SMILES string of the molecule is CC(C)CC(N)C(=O)Nc1ccccc1CN(C)C. The van der Waals surface area contributed by atoms with Crippen molar-refractivity contribution in [3.8, 4) is 0 Å². The number of anilines is 1. The minimum absolute atomic E-state index is 0.111. The van der Waals surface area contributed by atoms with Gasteiger partial charge in [-0.25, -0.2) is 0 Å². The number of benzene rings is 1. The molecule has 0 heterocycles. The van der Waals surface area contributed by atoms with Gasteiger partial charge in [0.05, 0.1) is 6.04 Å². The minimum Gasteiger partial charge on any atom is -0.324 e. The van der Waals surface area contributed by atoms with Gasteiger partial charge in [-0.2, -0.15) is 0 Å². The van der Waals surface area contributed by atoms with Crippen LogP contribution < -0.4 is 11.1 Å². The minimum atomic E-state index is -0.451. The molecule has 4 heteroatoms. The van der Waals surface area contributed by atoms with E-state index in [-0.39, 0.29) is 5.91 Å². The molecule has 3 N–H and O–H groups in total. The fourth-order valence-electron chi connectivity index (χ4n) is 1.96. The van der Waals surface area contributed by atoms with Gasteiger partial charge in [-0.05, 0) is 38.1 Å². The summed E-state index contributed by atoms with van der Waals surface area (Å²) in [6.07, 6.45) is 0.696. The Morgan fingerprint density at radius 3 is 2.53 bits per heavy atom. The van der Waals surface area contributed by atoms with Gasteiger partial charge >= 0.3 is 0 Å². The van der Waals surface area contributed by atoms with Gasteiger partial charge in [0.15, 0.2) is 0 Å². The Labute approximate surface area is 116 Å². The molecule has 1 aromatic rings. The number of para-hydroxylation sites is 1. The van der Waals surface area contributed by atoms with Crippen LogP contribution in [0.1, 0.15) is 25.8 Å². The number of nitrogens with zero attached hydrogens (tertiary/aromatic N) is 1. The first-order valence-corrected chi connectivity index (χ1v) is 6.69. The van der Waals surface area contributed by atoms with E-state index < -0.39 is 6.04 Å². The predicted octanol–water partition coefficient (Wildman–Crippen LogP) is 2.06. The highest BCUT2D eigenvalue weighted by atomic mass is 16.2. The molecule has 1 atom stereocenters. The number of hydrogen-bond acceptors (Lipinski definition) is 3. The first kappa shape index (κ1) is 15.7. The number of hydrogen-bond donors (Lipinski definition) is 2. The third kappa shape index (κ3) is 5.41. The van der Waals surface area contributed by atoms with E-state index in [2.05, 4.69) is 24.1 Å². The molecule has 0 saturated carbocycles. The first-order chi connectivity index (χ1) is 8.90. The molecule has 4 nitrogen and oxygen atoms in total. The van der Waals surface area contributed by atoms with E-state index in [1.54, 1.807) is 0 Å². The number of nitrogens with one attached hydrogen (secondary N) is 1.